The normalized spacial score (nSPS) is 13.6. The molecule has 0 spiro atoms. The highest BCUT2D eigenvalue weighted by molar-refractivity contribution is 5.20. The van der Waals surface area contributed by atoms with Gasteiger partial charge in [-0.1, -0.05) is 6.92 Å². The number of nitrogens with two attached hydrogens (primary N) is 1. The Balaban J connectivity index is 2.58. The molecule has 1 rings (SSSR count). The monoisotopic (exact) mass is 234 g/mol. The number of ether oxygens (including phenoxy) is 1. The Labute approximate surface area is 91.4 Å². The Morgan fingerprint density at radius 3 is 2.56 bits per heavy atom. The first-order valence-electron chi connectivity index (χ1n) is 4.85. The van der Waals surface area contributed by atoms with Crippen LogP contribution in [-0.4, -0.2) is 17.6 Å². The third-order valence-corrected chi connectivity index (χ3v) is 2.03. The molecule has 0 aliphatic heterocycles. The molecular weight excluding hydrogens is 221 g/mol. The van der Waals surface area contributed by atoms with Gasteiger partial charge < -0.3 is 10.5 Å². The third-order valence-electron chi connectivity index (χ3n) is 2.03. The van der Waals surface area contributed by atoms with E-state index in [9.17, 15) is 13.2 Å². The summed E-state index contributed by atoms with van der Waals surface area (Å²) in [6.07, 6.45) is -2.89. The average Bonchev–Trinajstić information content (AvgIpc) is 2.25. The van der Waals surface area contributed by atoms with E-state index in [4.69, 9.17) is 10.5 Å². The fourth-order valence-electron chi connectivity index (χ4n) is 0.944. The van der Waals surface area contributed by atoms with Crippen molar-refractivity contribution in [2.45, 2.75) is 25.6 Å². The number of rotatable bonds is 4. The Morgan fingerprint density at radius 1 is 1.44 bits per heavy atom. The van der Waals surface area contributed by atoms with Gasteiger partial charge in [0.25, 0.3) is 0 Å². The summed E-state index contributed by atoms with van der Waals surface area (Å²) < 4.78 is 41.7. The molecule has 1 aromatic rings. The maximum atomic E-state index is 12.2. The van der Waals surface area contributed by atoms with Gasteiger partial charge in [0.05, 0.1) is 5.56 Å². The smallest absolute Gasteiger partial charge is 0.417 e. The summed E-state index contributed by atoms with van der Waals surface area (Å²) in [7, 11) is 0. The molecule has 0 aliphatic carbocycles. The van der Waals surface area contributed by atoms with Crippen molar-refractivity contribution < 1.29 is 17.9 Å². The molecular formula is C10H13F3N2O. The summed E-state index contributed by atoms with van der Waals surface area (Å²) in [5, 5.41) is 0. The fourth-order valence-corrected chi connectivity index (χ4v) is 0.944. The van der Waals surface area contributed by atoms with Crippen molar-refractivity contribution in [1.29, 1.82) is 0 Å². The van der Waals surface area contributed by atoms with Crippen LogP contribution in [0.2, 0.25) is 0 Å². The van der Waals surface area contributed by atoms with Gasteiger partial charge in [0.2, 0.25) is 5.88 Å². The first kappa shape index (κ1) is 12.8. The molecule has 16 heavy (non-hydrogen) atoms. The van der Waals surface area contributed by atoms with Gasteiger partial charge in [-0.2, -0.15) is 13.2 Å². The molecule has 2 N–H and O–H groups in total. The van der Waals surface area contributed by atoms with Crippen LogP contribution in [-0.2, 0) is 6.18 Å². The summed E-state index contributed by atoms with van der Waals surface area (Å²) in [4.78, 5) is 3.55. The van der Waals surface area contributed by atoms with E-state index >= 15 is 0 Å². The number of halogens is 3. The number of hydrogen-bond donors (Lipinski definition) is 1. The zero-order valence-electron chi connectivity index (χ0n) is 8.79. The summed E-state index contributed by atoms with van der Waals surface area (Å²) in [6, 6.07) is 1.98. The van der Waals surface area contributed by atoms with Crippen LogP contribution >= 0.6 is 0 Å². The van der Waals surface area contributed by atoms with Crippen molar-refractivity contribution in [3.63, 3.8) is 0 Å². The second kappa shape index (κ2) is 5.16. The number of aromatic nitrogens is 1. The van der Waals surface area contributed by atoms with Crippen LogP contribution in [0.1, 0.15) is 18.9 Å². The standard InChI is InChI=1S/C10H13F3N2O/c1-2-8(14)6-16-9-4-3-7(5-15-9)10(11,12)13/h3-5,8H,2,6,14H2,1H3/t8-/m0/s1. The lowest BCUT2D eigenvalue weighted by molar-refractivity contribution is -0.137. The minimum atomic E-state index is -4.37. The second-order valence-corrected chi connectivity index (χ2v) is 3.36. The molecule has 90 valence electrons. The summed E-state index contributed by atoms with van der Waals surface area (Å²) >= 11 is 0. The predicted molar refractivity (Wildman–Crippen MR) is 53.0 cm³/mol. The first-order valence-corrected chi connectivity index (χ1v) is 4.85. The van der Waals surface area contributed by atoms with Gasteiger partial charge in [-0.15, -0.1) is 0 Å². The van der Waals surface area contributed by atoms with Crippen molar-refractivity contribution in [3.8, 4) is 5.88 Å². The van der Waals surface area contributed by atoms with Gasteiger partial charge in [0.15, 0.2) is 0 Å². The molecule has 3 nitrogen and oxygen atoms in total. The van der Waals surface area contributed by atoms with E-state index in [1.807, 2.05) is 6.92 Å². The zero-order valence-corrected chi connectivity index (χ0v) is 8.79. The average molecular weight is 234 g/mol. The van der Waals surface area contributed by atoms with Crippen LogP contribution in [0.5, 0.6) is 5.88 Å². The van der Waals surface area contributed by atoms with E-state index in [1.165, 1.54) is 6.07 Å². The van der Waals surface area contributed by atoms with E-state index < -0.39 is 11.7 Å². The van der Waals surface area contributed by atoms with Crippen LogP contribution in [0.15, 0.2) is 18.3 Å². The Kier molecular flexibility index (Phi) is 4.12. The maximum Gasteiger partial charge on any atom is 0.417 e. The molecule has 0 saturated carbocycles. The van der Waals surface area contributed by atoms with E-state index in [0.29, 0.717) is 0 Å². The van der Waals surface area contributed by atoms with Crippen LogP contribution in [0.25, 0.3) is 0 Å². The first-order chi connectivity index (χ1) is 7.43. The lowest BCUT2D eigenvalue weighted by atomic mass is 10.2. The fraction of sp³-hybridized carbons (Fsp3) is 0.500. The van der Waals surface area contributed by atoms with Gasteiger partial charge in [-0.3, -0.25) is 0 Å². The molecule has 0 fully saturated rings. The molecule has 0 amide bonds. The molecule has 0 aliphatic rings. The lowest BCUT2D eigenvalue weighted by Gasteiger charge is -2.11. The minimum Gasteiger partial charge on any atom is -0.476 e. The van der Waals surface area contributed by atoms with Crippen LogP contribution in [0.3, 0.4) is 0 Å². The van der Waals surface area contributed by atoms with E-state index in [-0.39, 0.29) is 18.5 Å². The molecule has 0 radical (unpaired) electrons. The summed E-state index contributed by atoms with van der Waals surface area (Å²) in [5.74, 6) is 0.150. The number of alkyl halides is 3. The number of pyridine rings is 1. The van der Waals surface area contributed by atoms with Gasteiger partial charge in [-0.05, 0) is 12.5 Å². The van der Waals surface area contributed by atoms with Crippen LogP contribution < -0.4 is 10.5 Å². The summed E-state index contributed by atoms with van der Waals surface area (Å²) in [6.45, 7) is 2.14. The highest BCUT2D eigenvalue weighted by Crippen LogP contribution is 2.29. The Bertz CT molecular complexity index is 324. The largest absolute Gasteiger partial charge is 0.476 e. The Morgan fingerprint density at radius 2 is 2.12 bits per heavy atom. The molecule has 0 saturated heterocycles. The third kappa shape index (κ3) is 3.69. The van der Waals surface area contributed by atoms with Crippen LogP contribution in [0, 0.1) is 0 Å². The highest BCUT2D eigenvalue weighted by Gasteiger charge is 2.30. The highest BCUT2D eigenvalue weighted by atomic mass is 19.4. The Hall–Kier alpha value is -1.30. The van der Waals surface area contributed by atoms with Gasteiger partial charge in [0, 0.05) is 18.3 Å². The zero-order chi connectivity index (χ0) is 12.2. The minimum absolute atomic E-state index is 0.135. The van der Waals surface area contributed by atoms with Crippen molar-refractivity contribution >= 4 is 0 Å². The molecule has 0 bridgehead atoms. The van der Waals surface area contributed by atoms with Crippen molar-refractivity contribution in [2.24, 2.45) is 5.73 Å². The molecule has 0 aromatic carbocycles. The molecule has 1 aromatic heterocycles. The molecule has 6 heteroatoms. The maximum absolute atomic E-state index is 12.2. The van der Waals surface area contributed by atoms with Gasteiger partial charge in [-0.25, -0.2) is 4.98 Å². The lowest BCUT2D eigenvalue weighted by Crippen LogP contribution is -2.26. The van der Waals surface area contributed by atoms with Gasteiger partial charge >= 0.3 is 6.18 Å². The summed E-state index contributed by atoms with van der Waals surface area (Å²) in [5.41, 5.74) is 4.80. The molecule has 1 heterocycles. The van der Waals surface area contributed by atoms with E-state index in [2.05, 4.69) is 4.98 Å². The predicted octanol–water partition coefficient (Wildman–Crippen LogP) is 2.22. The molecule has 0 unspecified atom stereocenters. The van der Waals surface area contributed by atoms with Crippen LogP contribution in [0.4, 0.5) is 13.2 Å². The van der Waals surface area contributed by atoms with Crippen molar-refractivity contribution in [2.75, 3.05) is 6.61 Å². The number of hydrogen-bond acceptors (Lipinski definition) is 3. The molecule has 1 atom stereocenters. The number of nitrogens with zero attached hydrogens (tertiary/aromatic N) is 1. The van der Waals surface area contributed by atoms with Crippen molar-refractivity contribution in [1.82, 2.24) is 4.98 Å². The quantitative estimate of drug-likeness (QED) is 0.868. The van der Waals surface area contributed by atoms with E-state index in [0.717, 1.165) is 18.7 Å². The van der Waals surface area contributed by atoms with Crippen molar-refractivity contribution in [3.05, 3.63) is 23.9 Å². The SMILES string of the molecule is CC[C@H](N)COc1ccc(C(F)(F)F)cn1. The topological polar surface area (TPSA) is 48.1 Å². The van der Waals surface area contributed by atoms with Gasteiger partial charge in [0.1, 0.15) is 6.61 Å². The van der Waals surface area contributed by atoms with E-state index in [1.54, 1.807) is 0 Å². The second-order valence-electron chi connectivity index (χ2n) is 3.36.